The molecule has 1 aliphatic rings. The second-order valence-electron chi connectivity index (χ2n) is 6.45. The van der Waals surface area contributed by atoms with Crippen LogP contribution in [0.1, 0.15) is 5.82 Å². The maximum Gasteiger partial charge on any atom is 0.490 e. The number of aliphatic carboxylic acids is 1. The predicted octanol–water partition coefficient (Wildman–Crippen LogP) is 3.33. The number of rotatable bonds is 4. The average molecular weight is 460 g/mol. The Bertz CT molecular complexity index is 988. The fraction of sp³-hybridized carbons (Fsp3) is 0.333. The number of hydrogen-bond acceptors (Lipinski definition) is 8. The van der Waals surface area contributed by atoms with E-state index in [-0.39, 0.29) is 0 Å². The van der Waals surface area contributed by atoms with Gasteiger partial charge >= 0.3 is 12.1 Å². The Hall–Kier alpha value is -3.12. The summed E-state index contributed by atoms with van der Waals surface area (Å²) in [5.74, 6) is -1.71. The number of anilines is 1. The normalized spacial score (nSPS) is 14.8. The molecule has 31 heavy (non-hydrogen) atoms. The van der Waals surface area contributed by atoms with Gasteiger partial charge in [0.2, 0.25) is 0 Å². The molecule has 0 amide bonds. The Morgan fingerprint density at radius 3 is 2.45 bits per heavy atom. The highest BCUT2D eigenvalue weighted by atomic mass is 35.5. The molecule has 13 heteroatoms. The standard InChI is InChI=1S/C16H16ClN5O2.C2HF3O2/c17-12-2-1-3-13(10-12)22-7-5-21(6-8-22)11-15-18-16(24-20-15)14-4-9-23-19-14;3-2(4,5)1(6)7/h1-4,9-10H,5-8,11H2;(H,6,7). The highest BCUT2D eigenvalue weighted by Crippen LogP contribution is 2.21. The molecule has 1 saturated heterocycles. The van der Waals surface area contributed by atoms with Gasteiger partial charge in [-0.2, -0.15) is 18.2 Å². The van der Waals surface area contributed by atoms with E-state index in [1.807, 2.05) is 18.2 Å². The van der Waals surface area contributed by atoms with Gasteiger partial charge in [0, 0.05) is 43.0 Å². The second-order valence-corrected chi connectivity index (χ2v) is 6.88. The van der Waals surface area contributed by atoms with Gasteiger partial charge in [0.05, 0.1) is 6.54 Å². The Labute approximate surface area is 179 Å². The summed E-state index contributed by atoms with van der Waals surface area (Å²) in [6.07, 6.45) is -3.60. The van der Waals surface area contributed by atoms with Crippen molar-refractivity contribution in [3.63, 3.8) is 0 Å². The molecule has 3 aromatic rings. The summed E-state index contributed by atoms with van der Waals surface area (Å²) in [4.78, 5) is 17.9. The molecule has 1 fully saturated rings. The quantitative estimate of drug-likeness (QED) is 0.628. The van der Waals surface area contributed by atoms with Crippen LogP contribution in [0.15, 0.2) is 45.6 Å². The molecule has 0 unspecified atom stereocenters. The minimum absolute atomic E-state index is 0.385. The Morgan fingerprint density at radius 1 is 1.16 bits per heavy atom. The first-order chi connectivity index (χ1) is 14.7. The van der Waals surface area contributed by atoms with E-state index in [1.165, 1.54) is 6.26 Å². The summed E-state index contributed by atoms with van der Waals surface area (Å²) in [6.45, 7) is 4.40. The van der Waals surface area contributed by atoms with Crippen molar-refractivity contribution >= 4 is 23.3 Å². The molecule has 4 rings (SSSR count). The molecule has 3 heterocycles. The van der Waals surface area contributed by atoms with Crippen molar-refractivity contribution in [1.82, 2.24) is 20.2 Å². The van der Waals surface area contributed by atoms with Crippen molar-refractivity contribution in [2.75, 3.05) is 31.1 Å². The molecule has 2 aromatic heterocycles. The first-order valence-electron chi connectivity index (χ1n) is 8.98. The molecule has 166 valence electrons. The number of piperazine rings is 1. The zero-order valence-corrected chi connectivity index (χ0v) is 16.7. The van der Waals surface area contributed by atoms with Gasteiger partial charge in [-0.05, 0) is 18.2 Å². The van der Waals surface area contributed by atoms with Crippen LogP contribution in [0.25, 0.3) is 11.6 Å². The lowest BCUT2D eigenvalue weighted by Crippen LogP contribution is -2.46. The number of carbonyl (C=O) groups is 1. The third kappa shape index (κ3) is 6.43. The highest BCUT2D eigenvalue weighted by molar-refractivity contribution is 6.30. The first-order valence-corrected chi connectivity index (χ1v) is 9.36. The Kier molecular flexibility index (Phi) is 7.13. The van der Waals surface area contributed by atoms with Crippen molar-refractivity contribution in [3.8, 4) is 11.6 Å². The summed E-state index contributed by atoms with van der Waals surface area (Å²) in [5.41, 5.74) is 1.72. The number of nitrogens with zero attached hydrogens (tertiary/aromatic N) is 5. The molecule has 0 aliphatic carbocycles. The van der Waals surface area contributed by atoms with Gasteiger partial charge in [-0.3, -0.25) is 4.90 Å². The molecule has 0 saturated carbocycles. The fourth-order valence-electron chi connectivity index (χ4n) is 2.78. The van der Waals surface area contributed by atoms with Gasteiger partial charge in [0.1, 0.15) is 6.26 Å². The lowest BCUT2D eigenvalue weighted by molar-refractivity contribution is -0.192. The summed E-state index contributed by atoms with van der Waals surface area (Å²) >= 11 is 6.07. The zero-order valence-electron chi connectivity index (χ0n) is 15.9. The van der Waals surface area contributed by atoms with E-state index >= 15 is 0 Å². The van der Waals surface area contributed by atoms with Crippen LogP contribution in [0.4, 0.5) is 18.9 Å². The maximum atomic E-state index is 10.6. The monoisotopic (exact) mass is 459 g/mol. The smallest absolute Gasteiger partial charge is 0.475 e. The van der Waals surface area contributed by atoms with E-state index < -0.39 is 12.1 Å². The Balaban J connectivity index is 0.000000339. The topological polar surface area (TPSA) is 109 Å². The number of benzene rings is 1. The fourth-order valence-corrected chi connectivity index (χ4v) is 2.97. The third-order valence-electron chi connectivity index (χ3n) is 4.28. The van der Waals surface area contributed by atoms with Gasteiger partial charge in [-0.15, -0.1) is 0 Å². The molecule has 1 N–H and O–H groups in total. The number of carboxylic acids is 1. The van der Waals surface area contributed by atoms with E-state index in [0.29, 0.717) is 24.0 Å². The Morgan fingerprint density at radius 2 is 1.87 bits per heavy atom. The van der Waals surface area contributed by atoms with Crippen LogP contribution >= 0.6 is 11.6 Å². The second kappa shape index (κ2) is 9.79. The molecule has 9 nitrogen and oxygen atoms in total. The summed E-state index contributed by atoms with van der Waals surface area (Å²) in [5, 5.41) is 15.7. The van der Waals surface area contributed by atoms with E-state index in [0.717, 1.165) is 36.9 Å². The van der Waals surface area contributed by atoms with Crippen LogP contribution in [-0.2, 0) is 11.3 Å². The molecular formula is C18H17ClF3N5O4. The minimum atomic E-state index is -5.08. The van der Waals surface area contributed by atoms with Gasteiger partial charge < -0.3 is 19.1 Å². The van der Waals surface area contributed by atoms with E-state index in [2.05, 4.69) is 31.2 Å². The first kappa shape index (κ1) is 22.6. The SMILES string of the molecule is Clc1cccc(N2CCN(Cc3noc(-c4ccon4)n3)CC2)c1.O=C(O)C(F)(F)F. The number of carboxylic acid groups (broad SMARTS) is 1. The lowest BCUT2D eigenvalue weighted by Gasteiger charge is -2.35. The maximum absolute atomic E-state index is 10.6. The van der Waals surface area contributed by atoms with Crippen molar-refractivity contribution in [3.05, 3.63) is 47.4 Å². The summed E-state index contributed by atoms with van der Waals surface area (Å²) < 4.78 is 41.7. The van der Waals surface area contributed by atoms with Crippen LogP contribution in [0.2, 0.25) is 5.02 Å². The highest BCUT2D eigenvalue weighted by Gasteiger charge is 2.38. The molecular weight excluding hydrogens is 443 g/mol. The number of aromatic nitrogens is 3. The van der Waals surface area contributed by atoms with E-state index in [9.17, 15) is 13.2 Å². The predicted molar refractivity (Wildman–Crippen MR) is 102 cm³/mol. The van der Waals surface area contributed by atoms with Crippen molar-refractivity contribution in [1.29, 1.82) is 0 Å². The van der Waals surface area contributed by atoms with Crippen molar-refractivity contribution in [2.24, 2.45) is 0 Å². The lowest BCUT2D eigenvalue weighted by atomic mass is 10.2. The van der Waals surface area contributed by atoms with Gasteiger partial charge in [0.15, 0.2) is 11.5 Å². The van der Waals surface area contributed by atoms with Gasteiger partial charge in [-0.25, -0.2) is 4.79 Å². The van der Waals surface area contributed by atoms with E-state index in [4.69, 9.17) is 30.5 Å². The van der Waals surface area contributed by atoms with Crippen LogP contribution in [0.3, 0.4) is 0 Å². The molecule has 0 atom stereocenters. The van der Waals surface area contributed by atoms with Crippen LogP contribution in [-0.4, -0.2) is 63.6 Å². The van der Waals surface area contributed by atoms with Crippen molar-refractivity contribution in [2.45, 2.75) is 12.7 Å². The molecule has 0 bridgehead atoms. The van der Waals surface area contributed by atoms with Crippen LogP contribution in [0, 0.1) is 0 Å². The molecule has 1 aromatic carbocycles. The van der Waals surface area contributed by atoms with Crippen molar-refractivity contribution < 1.29 is 32.1 Å². The third-order valence-corrected chi connectivity index (χ3v) is 4.51. The minimum Gasteiger partial charge on any atom is -0.475 e. The number of hydrogen-bond donors (Lipinski definition) is 1. The zero-order chi connectivity index (χ0) is 22.4. The van der Waals surface area contributed by atoms with Crippen LogP contribution in [0.5, 0.6) is 0 Å². The van der Waals surface area contributed by atoms with Gasteiger partial charge in [0.25, 0.3) is 5.89 Å². The average Bonchev–Trinajstić information content (AvgIpc) is 3.40. The molecule has 0 spiro atoms. The largest absolute Gasteiger partial charge is 0.490 e. The molecule has 0 radical (unpaired) electrons. The van der Waals surface area contributed by atoms with Crippen LogP contribution < -0.4 is 4.90 Å². The molecule has 1 aliphatic heterocycles. The number of halogens is 4. The summed E-state index contributed by atoms with van der Waals surface area (Å²) in [6, 6.07) is 9.66. The summed E-state index contributed by atoms with van der Waals surface area (Å²) in [7, 11) is 0. The van der Waals surface area contributed by atoms with Gasteiger partial charge in [-0.1, -0.05) is 28.0 Å². The number of alkyl halides is 3. The van der Waals surface area contributed by atoms with E-state index in [1.54, 1.807) is 6.07 Å².